The van der Waals surface area contributed by atoms with Crippen LogP contribution < -0.4 is 5.32 Å². The lowest BCUT2D eigenvalue weighted by Gasteiger charge is -2.11. The SMILES string of the molecule is C[C@H](CO)Nc1cc(O)nc(S)n1. The summed E-state index contributed by atoms with van der Waals surface area (Å²) in [6.07, 6.45) is 0. The second kappa shape index (κ2) is 4.29. The minimum atomic E-state index is -0.146. The number of anilines is 1. The molecule has 0 amide bonds. The van der Waals surface area contributed by atoms with Crippen molar-refractivity contribution in [1.82, 2.24) is 9.97 Å². The van der Waals surface area contributed by atoms with Crippen LogP contribution >= 0.6 is 12.6 Å². The number of aromatic hydroxyl groups is 1. The van der Waals surface area contributed by atoms with Crippen LogP contribution in [-0.2, 0) is 0 Å². The maximum atomic E-state index is 9.08. The van der Waals surface area contributed by atoms with E-state index in [1.165, 1.54) is 6.07 Å². The molecule has 1 aromatic heterocycles. The average molecular weight is 201 g/mol. The topological polar surface area (TPSA) is 78.3 Å². The van der Waals surface area contributed by atoms with Gasteiger partial charge in [0.05, 0.1) is 6.61 Å². The van der Waals surface area contributed by atoms with Gasteiger partial charge in [-0.15, -0.1) is 12.6 Å². The van der Waals surface area contributed by atoms with Crippen molar-refractivity contribution in [2.75, 3.05) is 11.9 Å². The van der Waals surface area contributed by atoms with E-state index in [1.54, 1.807) is 6.92 Å². The highest BCUT2D eigenvalue weighted by Gasteiger charge is 2.03. The molecule has 6 heteroatoms. The molecular weight excluding hydrogens is 190 g/mol. The van der Waals surface area contributed by atoms with Crippen molar-refractivity contribution in [3.63, 3.8) is 0 Å². The Balaban J connectivity index is 2.77. The van der Waals surface area contributed by atoms with Crippen LogP contribution in [0.3, 0.4) is 0 Å². The number of rotatable bonds is 3. The van der Waals surface area contributed by atoms with Gasteiger partial charge in [-0.05, 0) is 6.92 Å². The molecule has 1 heterocycles. The highest BCUT2D eigenvalue weighted by molar-refractivity contribution is 7.80. The first-order chi connectivity index (χ1) is 6.11. The van der Waals surface area contributed by atoms with E-state index >= 15 is 0 Å². The summed E-state index contributed by atoms with van der Waals surface area (Å²) in [6.45, 7) is 1.78. The average Bonchev–Trinajstić information content (AvgIpc) is 2.02. The summed E-state index contributed by atoms with van der Waals surface area (Å²) in [5.41, 5.74) is 0. The number of hydrogen-bond acceptors (Lipinski definition) is 6. The van der Waals surface area contributed by atoms with E-state index in [0.717, 1.165) is 0 Å². The summed E-state index contributed by atoms with van der Waals surface area (Å²) in [7, 11) is 0. The van der Waals surface area contributed by atoms with Crippen molar-refractivity contribution in [2.45, 2.75) is 18.1 Å². The van der Waals surface area contributed by atoms with E-state index in [1.807, 2.05) is 0 Å². The molecule has 0 aliphatic rings. The smallest absolute Gasteiger partial charge is 0.216 e. The fraction of sp³-hybridized carbons (Fsp3) is 0.429. The zero-order valence-corrected chi connectivity index (χ0v) is 7.99. The molecule has 0 aromatic carbocycles. The Morgan fingerprint density at radius 2 is 2.31 bits per heavy atom. The summed E-state index contributed by atoms with van der Waals surface area (Å²) in [5, 5.41) is 20.9. The molecule has 0 aliphatic heterocycles. The molecular formula is C7H11N3O2S. The molecule has 1 rings (SSSR count). The zero-order chi connectivity index (χ0) is 9.84. The Kier molecular flexibility index (Phi) is 3.32. The predicted octanol–water partition coefficient (Wildman–Crippen LogP) is 0.264. The van der Waals surface area contributed by atoms with Gasteiger partial charge >= 0.3 is 0 Å². The first-order valence-corrected chi connectivity index (χ1v) is 4.21. The number of aliphatic hydroxyl groups is 1. The van der Waals surface area contributed by atoms with Gasteiger partial charge in [0.2, 0.25) is 5.88 Å². The van der Waals surface area contributed by atoms with E-state index in [2.05, 4.69) is 27.9 Å². The Morgan fingerprint density at radius 1 is 1.62 bits per heavy atom. The normalized spacial score (nSPS) is 12.5. The first kappa shape index (κ1) is 10.1. The van der Waals surface area contributed by atoms with Gasteiger partial charge in [0.1, 0.15) is 5.82 Å². The third kappa shape index (κ3) is 3.08. The van der Waals surface area contributed by atoms with Crippen molar-refractivity contribution in [1.29, 1.82) is 0 Å². The van der Waals surface area contributed by atoms with Crippen LogP contribution in [0.4, 0.5) is 5.82 Å². The Labute approximate surface area is 81.3 Å². The minimum absolute atomic E-state index is 0.00727. The summed E-state index contributed by atoms with van der Waals surface area (Å²) < 4.78 is 0. The van der Waals surface area contributed by atoms with Crippen molar-refractivity contribution in [3.05, 3.63) is 6.07 Å². The number of thiol groups is 1. The van der Waals surface area contributed by atoms with Gasteiger partial charge in [0.25, 0.3) is 0 Å². The lowest BCUT2D eigenvalue weighted by Crippen LogP contribution is -2.20. The third-order valence-corrected chi connectivity index (χ3v) is 1.57. The molecule has 0 bridgehead atoms. The lowest BCUT2D eigenvalue weighted by atomic mass is 10.3. The molecule has 72 valence electrons. The second-order valence-electron chi connectivity index (χ2n) is 2.64. The zero-order valence-electron chi connectivity index (χ0n) is 7.10. The lowest BCUT2D eigenvalue weighted by molar-refractivity contribution is 0.281. The van der Waals surface area contributed by atoms with Gasteiger partial charge in [-0.3, -0.25) is 0 Å². The Hall–Kier alpha value is -1.01. The third-order valence-electron chi connectivity index (χ3n) is 1.37. The van der Waals surface area contributed by atoms with E-state index in [4.69, 9.17) is 10.2 Å². The summed E-state index contributed by atoms with van der Waals surface area (Å²) >= 11 is 3.89. The van der Waals surface area contributed by atoms with Crippen LogP contribution in [0.25, 0.3) is 0 Å². The van der Waals surface area contributed by atoms with Gasteiger partial charge in [0.15, 0.2) is 5.16 Å². The van der Waals surface area contributed by atoms with E-state index in [0.29, 0.717) is 5.82 Å². The van der Waals surface area contributed by atoms with Gasteiger partial charge in [-0.25, -0.2) is 4.98 Å². The van der Waals surface area contributed by atoms with Gasteiger partial charge in [-0.2, -0.15) is 4.98 Å². The number of nitrogens with one attached hydrogen (secondary N) is 1. The molecule has 0 radical (unpaired) electrons. The second-order valence-corrected chi connectivity index (χ2v) is 3.04. The molecule has 0 saturated carbocycles. The fourth-order valence-electron chi connectivity index (χ4n) is 0.794. The van der Waals surface area contributed by atoms with Crippen LogP contribution in [0.2, 0.25) is 0 Å². The summed E-state index contributed by atoms with van der Waals surface area (Å²) in [5.74, 6) is 0.298. The molecule has 0 aliphatic carbocycles. The largest absolute Gasteiger partial charge is 0.493 e. The van der Waals surface area contributed by atoms with Gasteiger partial charge in [-0.1, -0.05) is 0 Å². The quantitative estimate of drug-likeness (QED) is 0.417. The maximum Gasteiger partial charge on any atom is 0.216 e. The van der Waals surface area contributed by atoms with Crippen LogP contribution in [0, 0.1) is 0 Å². The van der Waals surface area contributed by atoms with Crippen LogP contribution in [-0.4, -0.2) is 32.8 Å². The Morgan fingerprint density at radius 3 is 2.85 bits per heavy atom. The van der Waals surface area contributed by atoms with Crippen molar-refractivity contribution in [2.24, 2.45) is 0 Å². The summed E-state index contributed by atoms with van der Waals surface area (Å²) in [6, 6.07) is 1.24. The van der Waals surface area contributed by atoms with Crippen molar-refractivity contribution < 1.29 is 10.2 Å². The monoisotopic (exact) mass is 201 g/mol. The van der Waals surface area contributed by atoms with E-state index in [9.17, 15) is 0 Å². The van der Waals surface area contributed by atoms with Gasteiger partial charge in [0, 0.05) is 12.1 Å². The van der Waals surface area contributed by atoms with Crippen LogP contribution in [0.15, 0.2) is 11.2 Å². The fourth-order valence-corrected chi connectivity index (χ4v) is 1.00. The molecule has 3 N–H and O–H groups in total. The van der Waals surface area contributed by atoms with Crippen molar-refractivity contribution in [3.8, 4) is 5.88 Å². The number of aliphatic hydroxyl groups excluding tert-OH is 1. The van der Waals surface area contributed by atoms with Crippen LogP contribution in [0.1, 0.15) is 6.92 Å². The van der Waals surface area contributed by atoms with E-state index < -0.39 is 0 Å². The predicted molar refractivity (Wildman–Crippen MR) is 51.1 cm³/mol. The maximum absolute atomic E-state index is 9.08. The molecule has 5 nitrogen and oxygen atoms in total. The molecule has 0 spiro atoms. The number of aromatic nitrogens is 2. The standard InChI is InChI=1S/C7H11N3O2S/c1-4(3-11)8-5-2-6(12)10-7(13)9-5/h2,4,11H,3H2,1H3,(H3,8,9,10,12,13)/t4-/m1/s1. The van der Waals surface area contributed by atoms with Crippen LogP contribution in [0.5, 0.6) is 5.88 Å². The number of hydrogen-bond donors (Lipinski definition) is 4. The highest BCUT2D eigenvalue weighted by atomic mass is 32.1. The van der Waals surface area contributed by atoms with E-state index in [-0.39, 0.29) is 23.7 Å². The first-order valence-electron chi connectivity index (χ1n) is 3.76. The Bertz CT molecular complexity index is 275. The van der Waals surface area contributed by atoms with Gasteiger partial charge < -0.3 is 15.5 Å². The number of nitrogens with zero attached hydrogens (tertiary/aromatic N) is 2. The molecule has 13 heavy (non-hydrogen) atoms. The van der Waals surface area contributed by atoms with Crippen molar-refractivity contribution >= 4 is 18.4 Å². The highest BCUT2D eigenvalue weighted by Crippen LogP contribution is 2.14. The molecule has 1 aromatic rings. The molecule has 0 fully saturated rings. The minimum Gasteiger partial charge on any atom is -0.493 e. The summed E-state index contributed by atoms with van der Waals surface area (Å²) in [4.78, 5) is 7.47. The molecule has 1 atom stereocenters. The molecule has 0 unspecified atom stereocenters. The molecule has 0 saturated heterocycles.